The fourth-order valence-corrected chi connectivity index (χ4v) is 4.98. The van der Waals surface area contributed by atoms with E-state index in [1.54, 1.807) is 0 Å². The molecule has 110 valence electrons. The Labute approximate surface area is 119 Å². The van der Waals surface area contributed by atoms with Gasteiger partial charge in [0.15, 0.2) is 0 Å². The summed E-state index contributed by atoms with van der Waals surface area (Å²) < 4.78 is 0. The summed E-state index contributed by atoms with van der Waals surface area (Å²) >= 11 is 0. The van der Waals surface area contributed by atoms with Gasteiger partial charge < -0.3 is 5.32 Å². The molecule has 3 atom stereocenters. The van der Waals surface area contributed by atoms with Crippen molar-refractivity contribution in [3.05, 3.63) is 0 Å². The van der Waals surface area contributed by atoms with Crippen molar-refractivity contribution in [1.82, 2.24) is 10.2 Å². The number of hydrogen-bond acceptors (Lipinski definition) is 2. The summed E-state index contributed by atoms with van der Waals surface area (Å²) in [5.74, 6) is 1.04. The highest BCUT2D eigenvalue weighted by molar-refractivity contribution is 4.97. The first kappa shape index (κ1) is 13.9. The first-order valence-corrected chi connectivity index (χ1v) is 8.89. The summed E-state index contributed by atoms with van der Waals surface area (Å²) in [4.78, 5) is 2.94. The average Bonchev–Trinajstić information content (AvgIpc) is 3.14. The molecule has 2 nitrogen and oxygen atoms in total. The van der Waals surface area contributed by atoms with E-state index in [4.69, 9.17) is 0 Å². The zero-order valence-corrected chi connectivity index (χ0v) is 12.7. The normalized spacial score (nSPS) is 37.4. The highest BCUT2D eigenvalue weighted by Gasteiger charge is 2.40. The van der Waals surface area contributed by atoms with Crippen molar-refractivity contribution in [1.29, 1.82) is 0 Å². The third kappa shape index (κ3) is 3.00. The largest absolute Gasteiger partial charge is 0.312 e. The first-order chi connectivity index (χ1) is 9.40. The molecule has 3 fully saturated rings. The molecule has 0 radical (unpaired) electrons. The number of nitrogens with one attached hydrogen (secondary N) is 1. The standard InChI is InChI=1S/C17H32N2/c1-2-12-18-15-9-5-10-17(15)19-13-6-11-16(19)14-7-3-4-8-14/h14-18H,2-13H2,1H3. The van der Waals surface area contributed by atoms with Gasteiger partial charge in [-0.3, -0.25) is 4.90 Å². The Kier molecular flexibility index (Phi) is 4.81. The molecule has 3 rings (SSSR count). The minimum absolute atomic E-state index is 0.793. The molecule has 0 spiro atoms. The highest BCUT2D eigenvalue weighted by Crippen LogP contribution is 2.39. The van der Waals surface area contributed by atoms with Gasteiger partial charge in [-0.2, -0.15) is 0 Å². The van der Waals surface area contributed by atoms with Crippen molar-refractivity contribution < 1.29 is 0 Å². The van der Waals surface area contributed by atoms with Crippen LogP contribution in [0.1, 0.15) is 71.1 Å². The SMILES string of the molecule is CCCNC1CCCC1N1CCCC1C1CCCC1. The molecule has 0 bridgehead atoms. The van der Waals surface area contributed by atoms with E-state index in [2.05, 4.69) is 17.1 Å². The van der Waals surface area contributed by atoms with Gasteiger partial charge in [0.1, 0.15) is 0 Å². The number of likely N-dealkylation sites (tertiary alicyclic amines) is 1. The summed E-state index contributed by atoms with van der Waals surface area (Å²) in [7, 11) is 0. The first-order valence-electron chi connectivity index (χ1n) is 8.89. The smallest absolute Gasteiger partial charge is 0.0252 e. The van der Waals surface area contributed by atoms with E-state index in [0.29, 0.717) is 0 Å². The lowest BCUT2D eigenvalue weighted by atomic mass is 9.94. The van der Waals surface area contributed by atoms with Gasteiger partial charge in [0.05, 0.1) is 0 Å². The summed E-state index contributed by atoms with van der Waals surface area (Å²) in [6, 6.07) is 2.60. The van der Waals surface area contributed by atoms with Crippen LogP contribution in [0.4, 0.5) is 0 Å². The number of hydrogen-bond donors (Lipinski definition) is 1. The molecule has 1 aliphatic heterocycles. The van der Waals surface area contributed by atoms with Crippen molar-refractivity contribution >= 4 is 0 Å². The van der Waals surface area contributed by atoms with Gasteiger partial charge in [0.25, 0.3) is 0 Å². The minimum atomic E-state index is 0.793. The Bertz CT molecular complexity index is 272. The molecule has 3 aliphatic rings. The fraction of sp³-hybridized carbons (Fsp3) is 1.00. The summed E-state index contributed by atoms with van der Waals surface area (Å²) in [5, 5.41) is 3.83. The van der Waals surface area contributed by atoms with Gasteiger partial charge in [-0.25, -0.2) is 0 Å². The Hall–Kier alpha value is -0.0800. The van der Waals surface area contributed by atoms with Crippen LogP contribution >= 0.6 is 0 Å². The van der Waals surface area contributed by atoms with E-state index in [1.807, 2.05) is 0 Å². The quantitative estimate of drug-likeness (QED) is 0.817. The molecule has 3 unspecified atom stereocenters. The zero-order valence-electron chi connectivity index (χ0n) is 12.7. The maximum Gasteiger partial charge on any atom is 0.0252 e. The van der Waals surface area contributed by atoms with Crippen molar-refractivity contribution in [3.63, 3.8) is 0 Å². The minimum Gasteiger partial charge on any atom is -0.312 e. The monoisotopic (exact) mass is 264 g/mol. The second-order valence-electron chi connectivity index (χ2n) is 7.05. The molecule has 19 heavy (non-hydrogen) atoms. The molecule has 2 aliphatic carbocycles. The molecule has 1 saturated heterocycles. The van der Waals surface area contributed by atoms with E-state index in [-0.39, 0.29) is 0 Å². The molecule has 0 amide bonds. The lowest BCUT2D eigenvalue weighted by Gasteiger charge is -2.37. The van der Waals surface area contributed by atoms with Crippen molar-refractivity contribution in [2.45, 2.75) is 89.3 Å². The molecule has 0 aromatic heterocycles. The van der Waals surface area contributed by atoms with E-state index in [1.165, 1.54) is 77.3 Å². The second kappa shape index (κ2) is 6.58. The highest BCUT2D eigenvalue weighted by atomic mass is 15.2. The second-order valence-corrected chi connectivity index (χ2v) is 7.05. The van der Waals surface area contributed by atoms with Gasteiger partial charge in [-0.15, -0.1) is 0 Å². The molecular formula is C17H32N2. The summed E-state index contributed by atoms with van der Waals surface area (Å²) in [6.45, 7) is 4.88. The van der Waals surface area contributed by atoms with Crippen LogP contribution < -0.4 is 5.32 Å². The van der Waals surface area contributed by atoms with Crippen LogP contribution in [0.5, 0.6) is 0 Å². The molecule has 1 N–H and O–H groups in total. The molecule has 2 saturated carbocycles. The van der Waals surface area contributed by atoms with Crippen LogP contribution in [-0.2, 0) is 0 Å². The van der Waals surface area contributed by atoms with Gasteiger partial charge in [0, 0.05) is 18.1 Å². The van der Waals surface area contributed by atoms with Crippen LogP contribution in [0.15, 0.2) is 0 Å². The Morgan fingerprint density at radius 3 is 2.47 bits per heavy atom. The maximum absolute atomic E-state index is 3.83. The van der Waals surface area contributed by atoms with Crippen LogP contribution in [0.25, 0.3) is 0 Å². The van der Waals surface area contributed by atoms with Gasteiger partial charge in [-0.05, 0) is 64.0 Å². The maximum atomic E-state index is 3.83. The molecular weight excluding hydrogens is 232 g/mol. The molecule has 2 heteroatoms. The Morgan fingerprint density at radius 1 is 0.895 bits per heavy atom. The zero-order chi connectivity index (χ0) is 13.1. The predicted octanol–water partition coefficient (Wildman–Crippen LogP) is 3.56. The topological polar surface area (TPSA) is 15.3 Å². The van der Waals surface area contributed by atoms with Crippen LogP contribution in [0.3, 0.4) is 0 Å². The molecule has 1 heterocycles. The molecule has 0 aromatic carbocycles. The van der Waals surface area contributed by atoms with E-state index in [9.17, 15) is 0 Å². The van der Waals surface area contributed by atoms with Gasteiger partial charge in [-0.1, -0.05) is 26.2 Å². The van der Waals surface area contributed by atoms with Crippen molar-refractivity contribution in [3.8, 4) is 0 Å². The van der Waals surface area contributed by atoms with E-state index >= 15 is 0 Å². The third-order valence-electron chi connectivity index (χ3n) is 5.85. The summed E-state index contributed by atoms with van der Waals surface area (Å²) in [5.41, 5.74) is 0. The molecule has 0 aromatic rings. The number of nitrogens with zero attached hydrogens (tertiary/aromatic N) is 1. The fourth-order valence-electron chi connectivity index (χ4n) is 4.98. The van der Waals surface area contributed by atoms with Gasteiger partial charge >= 0.3 is 0 Å². The van der Waals surface area contributed by atoms with Crippen LogP contribution in [0, 0.1) is 5.92 Å². The Morgan fingerprint density at radius 2 is 1.68 bits per heavy atom. The van der Waals surface area contributed by atoms with Crippen LogP contribution in [-0.4, -0.2) is 36.1 Å². The van der Waals surface area contributed by atoms with Crippen LogP contribution in [0.2, 0.25) is 0 Å². The summed E-state index contributed by atoms with van der Waals surface area (Å²) in [6.07, 6.45) is 14.6. The average molecular weight is 264 g/mol. The van der Waals surface area contributed by atoms with Crippen molar-refractivity contribution in [2.24, 2.45) is 5.92 Å². The third-order valence-corrected chi connectivity index (χ3v) is 5.85. The lowest BCUT2D eigenvalue weighted by Crippen LogP contribution is -2.50. The van der Waals surface area contributed by atoms with E-state index < -0.39 is 0 Å². The predicted molar refractivity (Wildman–Crippen MR) is 81.4 cm³/mol. The Balaban J connectivity index is 1.62. The van der Waals surface area contributed by atoms with Gasteiger partial charge in [0.2, 0.25) is 0 Å². The number of rotatable bonds is 5. The lowest BCUT2D eigenvalue weighted by molar-refractivity contribution is 0.119. The van der Waals surface area contributed by atoms with Crippen molar-refractivity contribution in [2.75, 3.05) is 13.1 Å². The van der Waals surface area contributed by atoms with E-state index in [0.717, 1.165) is 24.0 Å².